The number of likely N-dealkylation sites (tertiary alicyclic amines) is 1. The van der Waals surface area contributed by atoms with Crippen LogP contribution in [0.2, 0.25) is 0 Å². The summed E-state index contributed by atoms with van der Waals surface area (Å²) >= 11 is 0. The zero-order valence-electron chi connectivity index (χ0n) is 20.9. The van der Waals surface area contributed by atoms with Crippen molar-refractivity contribution >= 4 is 17.7 Å². The van der Waals surface area contributed by atoms with Gasteiger partial charge < -0.3 is 25.7 Å². The van der Waals surface area contributed by atoms with Gasteiger partial charge in [0.1, 0.15) is 12.1 Å². The van der Waals surface area contributed by atoms with Crippen LogP contribution in [0.15, 0.2) is 36.5 Å². The van der Waals surface area contributed by atoms with Gasteiger partial charge in [-0.1, -0.05) is 45.0 Å². The Bertz CT molecular complexity index is 1060. The summed E-state index contributed by atoms with van der Waals surface area (Å²) in [6.07, 6.45) is 0.920. The molecule has 3 rings (SSSR count). The van der Waals surface area contributed by atoms with Gasteiger partial charge in [0.25, 0.3) is 0 Å². The molecule has 1 aliphatic rings. The molecule has 0 aliphatic carbocycles. The predicted molar refractivity (Wildman–Crippen MR) is 130 cm³/mol. The number of rotatable bonds is 7. The minimum absolute atomic E-state index is 0.00766. The molecule has 10 heteroatoms. The highest BCUT2D eigenvalue weighted by molar-refractivity contribution is 5.93. The van der Waals surface area contributed by atoms with Gasteiger partial charge in [-0.3, -0.25) is 19.1 Å². The van der Waals surface area contributed by atoms with Crippen molar-refractivity contribution in [3.05, 3.63) is 42.1 Å². The van der Waals surface area contributed by atoms with E-state index < -0.39 is 41.5 Å². The summed E-state index contributed by atoms with van der Waals surface area (Å²) in [7, 11) is 1.85. The topological polar surface area (TPSA) is 137 Å². The first-order chi connectivity index (χ1) is 16.4. The molecule has 190 valence electrons. The van der Waals surface area contributed by atoms with Crippen LogP contribution in [0.1, 0.15) is 45.7 Å². The number of aromatic nitrogens is 2. The average molecular weight is 486 g/mol. The molecule has 2 heterocycles. The second kappa shape index (κ2) is 10.6. The number of carbonyl (C=O) groups excluding carboxylic acids is 3. The summed E-state index contributed by atoms with van der Waals surface area (Å²) < 4.78 is 1.75. The smallest absolute Gasteiger partial charge is 0.246 e. The van der Waals surface area contributed by atoms with E-state index in [9.17, 15) is 24.6 Å². The molecule has 0 unspecified atom stereocenters. The normalized spacial score (nSPS) is 19.8. The Morgan fingerprint density at radius 3 is 2.31 bits per heavy atom. The van der Waals surface area contributed by atoms with Crippen LogP contribution in [-0.2, 0) is 21.4 Å². The van der Waals surface area contributed by atoms with E-state index >= 15 is 0 Å². The van der Waals surface area contributed by atoms with Crippen molar-refractivity contribution in [2.24, 2.45) is 12.5 Å². The van der Waals surface area contributed by atoms with E-state index in [0.717, 1.165) is 11.3 Å². The van der Waals surface area contributed by atoms with E-state index in [4.69, 9.17) is 0 Å². The van der Waals surface area contributed by atoms with Crippen LogP contribution in [0.25, 0.3) is 11.3 Å². The maximum Gasteiger partial charge on any atom is 0.246 e. The van der Waals surface area contributed by atoms with Gasteiger partial charge in [-0.2, -0.15) is 5.10 Å². The van der Waals surface area contributed by atoms with Crippen molar-refractivity contribution in [1.82, 2.24) is 25.3 Å². The molecule has 35 heavy (non-hydrogen) atoms. The fraction of sp³-hybridized carbons (Fsp3) is 0.520. The number of aliphatic hydroxyl groups excluding tert-OH is 2. The van der Waals surface area contributed by atoms with E-state index in [1.165, 1.54) is 11.8 Å². The average Bonchev–Trinajstić information content (AvgIpc) is 3.40. The summed E-state index contributed by atoms with van der Waals surface area (Å²) in [4.78, 5) is 39.6. The van der Waals surface area contributed by atoms with Gasteiger partial charge in [0.15, 0.2) is 0 Å². The molecule has 1 aromatic heterocycles. The molecule has 4 N–H and O–H groups in total. The molecule has 0 bridgehead atoms. The van der Waals surface area contributed by atoms with Crippen molar-refractivity contribution in [3.63, 3.8) is 0 Å². The van der Waals surface area contributed by atoms with Gasteiger partial charge in [0, 0.05) is 33.1 Å². The van der Waals surface area contributed by atoms with Gasteiger partial charge in [-0.15, -0.1) is 0 Å². The molecule has 0 spiro atoms. The largest absolute Gasteiger partial charge is 0.394 e. The third kappa shape index (κ3) is 6.07. The molecule has 0 saturated carbocycles. The van der Waals surface area contributed by atoms with Gasteiger partial charge in [-0.05, 0) is 22.6 Å². The monoisotopic (exact) mass is 485 g/mol. The third-order valence-corrected chi connectivity index (χ3v) is 6.25. The Kier molecular flexibility index (Phi) is 7.97. The minimum atomic E-state index is -0.918. The first-order valence-corrected chi connectivity index (χ1v) is 11.7. The highest BCUT2D eigenvalue weighted by Gasteiger charge is 2.44. The minimum Gasteiger partial charge on any atom is -0.394 e. The maximum absolute atomic E-state index is 13.4. The number of nitrogens with zero attached hydrogens (tertiary/aromatic N) is 3. The van der Waals surface area contributed by atoms with Crippen molar-refractivity contribution < 1.29 is 24.6 Å². The second-order valence-electron chi connectivity index (χ2n) is 10.1. The summed E-state index contributed by atoms with van der Waals surface area (Å²) in [6.45, 7) is 6.46. The standard InChI is InChI=1S/C25H35N5O5/c1-15(32)27-22(25(2,3)4)24(35)30-13-18(33)12-21(30)23(34)28-19(14-31)16-6-8-17(9-7-16)20-10-11-26-29(20)5/h6-11,18-19,21-22,31,33H,12-14H2,1-5H3,(H,27,32)(H,28,34)/t18-,19+,21+,22-/m1/s1. The molecule has 1 saturated heterocycles. The number of hydrogen-bond donors (Lipinski definition) is 4. The summed E-state index contributed by atoms with van der Waals surface area (Å²) in [6, 6.07) is 6.85. The predicted octanol–water partition coefficient (Wildman–Crippen LogP) is 0.749. The zero-order chi connectivity index (χ0) is 25.9. The maximum atomic E-state index is 13.4. The van der Waals surface area contributed by atoms with E-state index in [-0.39, 0.29) is 25.5 Å². The molecular formula is C25H35N5O5. The number of aryl methyl sites for hydroxylation is 1. The van der Waals surface area contributed by atoms with Crippen molar-refractivity contribution in [1.29, 1.82) is 0 Å². The number of amides is 3. The number of aliphatic hydroxyl groups is 2. The molecule has 1 aromatic carbocycles. The lowest BCUT2D eigenvalue weighted by molar-refractivity contribution is -0.144. The highest BCUT2D eigenvalue weighted by atomic mass is 16.3. The molecule has 3 amide bonds. The fourth-order valence-corrected chi connectivity index (χ4v) is 4.37. The lowest BCUT2D eigenvalue weighted by Gasteiger charge is -2.35. The Labute approximate surface area is 205 Å². The van der Waals surface area contributed by atoms with Crippen LogP contribution in [0.3, 0.4) is 0 Å². The van der Waals surface area contributed by atoms with E-state index in [2.05, 4.69) is 15.7 Å². The Balaban J connectivity index is 1.76. The van der Waals surface area contributed by atoms with Crippen LogP contribution >= 0.6 is 0 Å². The van der Waals surface area contributed by atoms with Crippen LogP contribution in [0, 0.1) is 5.41 Å². The van der Waals surface area contributed by atoms with Crippen molar-refractivity contribution in [3.8, 4) is 11.3 Å². The highest BCUT2D eigenvalue weighted by Crippen LogP contribution is 2.27. The summed E-state index contributed by atoms with van der Waals surface area (Å²) in [5.41, 5.74) is 1.98. The van der Waals surface area contributed by atoms with Gasteiger partial charge in [0.2, 0.25) is 17.7 Å². The van der Waals surface area contributed by atoms with Crippen molar-refractivity contribution in [2.45, 2.75) is 58.3 Å². The Morgan fingerprint density at radius 2 is 1.80 bits per heavy atom. The van der Waals surface area contributed by atoms with Crippen LogP contribution in [-0.4, -0.2) is 74.0 Å². The fourth-order valence-electron chi connectivity index (χ4n) is 4.37. The van der Waals surface area contributed by atoms with Gasteiger partial charge >= 0.3 is 0 Å². The van der Waals surface area contributed by atoms with Crippen molar-refractivity contribution in [2.75, 3.05) is 13.2 Å². The molecule has 2 aromatic rings. The first kappa shape index (κ1) is 26.4. The quantitative estimate of drug-likeness (QED) is 0.457. The number of hydrogen-bond acceptors (Lipinski definition) is 6. The molecule has 1 aliphatic heterocycles. The number of benzene rings is 1. The van der Waals surface area contributed by atoms with Gasteiger partial charge in [-0.25, -0.2) is 0 Å². The summed E-state index contributed by atoms with van der Waals surface area (Å²) in [5.74, 6) is -1.25. The molecule has 0 radical (unpaired) electrons. The lowest BCUT2D eigenvalue weighted by atomic mass is 9.85. The lowest BCUT2D eigenvalue weighted by Crippen LogP contribution is -2.57. The van der Waals surface area contributed by atoms with E-state index in [0.29, 0.717) is 5.56 Å². The number of β-amino-alcohol motifs (C(OH)–C–C–N with tert-alkyl or cyclic N) is 1. The second-order valence-corrected chi connectivity index (χ2v) is 10.1. The SMILES string of the molecule is CC(=O)N[C@H](C(=O)N1C[C@H](O)C[C@H]1C(=O)N[C@@H](CO)c1ccc(-c2ccnn2C)cc1)C(C)(C)C. The Morgan fingerprint density at radius 1 is 1.14 bits per heavy atom. The molecule has 4 atom stereocenters. The van der Waals surface area contributed by atoms with E-state index in [1.807, 2.05) is 58.2 Å². The van der Waals surface area contributed by atoms with Crippen LogP contribution < -0.4 is 10.6 Å². The third-order valence-electron chi connectivity index (χ3n) is 6.25. The molecular weight excluding hydrogens is 450 g/mol. The molecule has 10 nitrogen and oxygen atoms in total. The number of nitrogens with one attached hydrogen (secondary N) is 2. The molecule has 1 fully saturated rings. The zero-order valence-corrected chi connectivity index (χ0v) is 20.9. The Hall–Kier alpha value is -3.24. The van der Waals surface area contributed by atoms with Crippen LogP contribution in [0.4, 0.5) is 0 Å². The summed E-state index contributed by atoms with van der Waals surface area (Å²) in [5, 5.41) is 29.9. The number of carbonyl (C=O) groups is 3. The first-order valence-electron chi connectivity index (χ1n) is 11.7. The van der Waals surface area contributed by atoms with Crippen LogP contribution in [0.5, 0.6) is 0 Å². The van der Waals surface area contributed by atoms with Gasteiger partial charge in [0.05, 0.1) is 24.4 Å². The van der Waals surface area contributed by atoms with E-state index in [1.54, 1.807) is 10.9 Å².